The van der Waals surface area contributed by atoms with Crippen LogP contribution in [0.4, 0.5) is 13.2 Å². The van der Waals surface area contributed by atoms with Crippen molar-refractivity contribution in [3.05, 3.63) is 59.7 Å². The van der Waals surface area contributed by atoms with Gasteiger partial charge in [-0.25, -0.2) is 0 Å². The number of aromatic hydroxyl groups is 1. The number of benzene rings is 2. The van der Waals surface area contributed by atoms with Crippen LogP contribution in [-0.2, 0) is 6.18 Å². The highest BCUT2D eigenvalue weighted by Gasteiger charge is 2.34. The van der Waals surface area contributed by atoms with E-state index in [1.165, 1.54) is 30.3 Å². The Morgan fingerprint density at radius 3 is 2.48 bits per heavy atom. The van der Waals surface area contributed by atoms with Gasteiger partial charge in [-0.3, -0.25) is 0 Å². The number of halogens is 3. The van der Waals surface area contributed by atoms with Gasteiger partial charge in [-0.05, 0) is 29.8 Å². The van der Waals surface area contributed by atoms with Gasteiger partial charge in [0.15, 0.2) is 0 Å². The van der Waals surface area contributed by atoms with Crippen LogP contribution in [0.25, 0.3) is 0 Å². The normalized spacial score (nSPS) is 13.0. The number of hydrogen-bond acceptors (Lipinski definition) is 3. The molecule has 0 saturated heterocycles. The zero-order valence-electron chi connectivity index (χ0n) is 11.0. The van der Waals surface area contributed by atoms with Gasteiger partial charge in [-0.15, -0.1) is 0 Å². The fourth-order valence-electron chi connectivity index (χ4n) is 1.86. The SMILES string of the molecule is NC(COc1ccccc1C(F)(F)F)c1cccc(O)c1. The molecule has 2 aromatic carbocycles. The summed E-state index contributed by atoms with van der Waals surface area (Å²) in [6.07, 6.45) is -4.48. The maximum absolute atomic E-state index is 12.8. The van der Waals surface area contributed by atoms with Crippen LogP contribution in [0.3, 0.4) is 0 Å². The fraction of sp³-hybridized carbons (Fsp3) is 0.200. The molecule has 3 N–H and O–H groups in total. The van der Waals surface area contributed by atoms with E-state index in [1.54, 1.807) is 12.1 Å². The van der Waals surface area contributed by atoms with Crippen molar-refractivity contribution in [3.8, 4) is 11.5 Å². The van der Waals surface area contributed by atoms with Crippen molar-refractivity contribution in [2.75, 3.05) is 6.61 Å². The second kappa shape index (κ2) is 6.05. The molecule has 2 rings (SSSR count). The van der Waals surface area contributed by atoms with Gasteiger partial charge in [0.1, 0.15) is 18.1 Å². The molecular formula is C15H14F3NO2. The number of nitrogens with two attached hydrogens (primary N) is 1. The third kappa shape index (κ3) is 3.88. The van der Waals surface area contributed by atoms with Crippen molar-refractivity contribution in [3.63, 3.8) is 0 Å². The third-order valence-corrected chi connectivity index (χ3v) is 2.91. The lowest BCUT2D eigenvalue weighted by Gasteiger charge is -2.17. The Bertz CT molecular complexity index is 614. The first-order valence-electron chi connectivity index (χ1n) is 6.21. The molecule has 0 aromatic heterocycles. The van der Waals surface area contributed by atoms with Gasteiger partial charge in [0, 0.05) is 0 Å². The average Bonchev–Trinajstić information content (AvgIpc) is 2.44. The molecule has 0 bridgehead atoms. The van der Waals surface area contributed by atoms with E-state index in [0.717, 1.165) is 6.07 Å². The molecule has 0 radical (unpaired) electrons. The van der Waals surface area contributed by atoms with Gasteiger partial charge in [0.05, 0.1) is 11.6 Å². The largest absolute Gasteiger partial charge is 0.508 e. The van der Waals surface area contributed by atoms with E-state index >= 15 is 0 Å². The van der Waals surface area contributed by atoms with Gasteiger partial charge in [0.25, 0.3) is 0 Å². The third-order valence-electron chi connectivity index (χ3n) is 2.91. The molecule has 0 heterocycles. The summed E-state index contributed by atoms with van der Waals surface area (Å²) in [4.78, 5) is 0. The molecule has 0 aliphatic heterocycles. The Morgan fingerprint density at radius 1 is 1.10 bits per heavy atom. The Balaban J connectivity index is 2.10. The zero-order chi connectivity index (χ0) is 15.5. The lowest BCUT2D eigenvalue weighted by atomic mass is 10.1. The van der Waals surface area contributed by atoms with Gasteiger partial charge in [-0.1, -0.05) is 24.3 Å². The van der Waals surface area contributed by atoms with E-state index in [0.29, 0.717) is 5.56 Å². The highest BCUT2D eigenvalue weighted by Crippen LogP contribution is 2.36. The van der Waals surface area contributed by atoms with Crippen LogP contribution in [0.5, 0.6) is 11.5 Å². The second-order valence-electron chi connectivity index (χ2n) is 4.51. The maximum atomic E-state index is 12.8. The van der Waals surface area contributed by atoms with Crippen LogP contribution < -0.4 is 10.5 Å². The first-order chi connectivity index (χ1) is 9.88. The molecule has 0 saturated carbocycles. The molecule has 0 amide bonds. The maximum Gasteiger partial charge on any atom is 0.419 e. The number of alkyl halides is 3. The summed E-state index contributed by atoms with van der Waals surface area (Å²) in [6.45, 7) is -0.128. The predicted molar refractivity (Wildman–Crippen MR) is 72.0 cm³/mol. The van der Waals surface area contributed by atoms with Crippen molar-refractivity contribution < 1.29 is 23.0 Å². The summed E-state index contributed by atoms with van der Waals surface area (Å²) in [6, 6.07) is 10.5. The Morgan fingerprint density at radius 2 is 1.81 bits per heavy atom. The first-order valence-corrected chi connectivity index (χ1v) is 6.21. The van der Waals surface area contributed by atoms with Crippen molar-refractivity contribution >= 4 is 0 Å². The summed E-state index contributed by atoms with van der Waals surface area (Å²) >= 11 is 0. The molecule has 112 valence electrons. The number of hydrogen-bond donors (Lipinski definition) is 2. The number of phenolic OH excluding ortho intramolecular Hbond substituents is 1. The standard InChI is InChI=1S/C15H14F3NO2/c16-15(17,18)12-6-1-2-7-14(12)21-9-13(19)10-4-3-5-11(20)8-10/h1-8,13,20H,9,19H2. The summed E-state index contributed by atoms with van der Waals surface area (Å²) in [7, 11) is 0. The van der Waals surface area contributed by atoms with Gasteiger partial charge in [-0.2, -0.15) is 13.2 Å². The van der Waals surface area contributed by atoms with Crippen LogP contribution >= 0.6 is 0 Å². The van der Waals surface area contributed by atoms with E-state index in [9.17, 15) is 18.3 Å². The van der Waals surface area contributed by atoms with Crippen LogP contribution in [0.2, 0.25) is 0 Å². The van der Waals surface area contributed by atoms with Crippen LogP contribution in [0, 0.1) is 0 Å². The van der Waals surface area contributed by atoms with Crippen molar-refractivity contribution in [2.45, 2.75) is 12.2 Å². The highest BCUT2D eigenvalue weighted by atomic mass is 19.4. The molecule has 1 atom stereocenters. The van der Waals surface area contributed by atoms with E-state index in [-0.39, 0.29) is 18.1 Å². The highest BCUT2D eigenvalue weighted by molar-refractivity contribution is 5.36. The predicted octanol–water partition coefficient (Wildman–Crippen LogP) is 3.49. The summed E-state index contributed by atoms with van der Waals surface area (Å²) < 4.78 is 43.6. The van der Waals surface area contributed by atoms with E-state index < -0.39 is 17.8 Å². The lowest BCUT2D eigenvalue weighted by Crippen LogP contribution is -2.20. The molecule has 21 heavy (non-hydrogen) atoms. The van der Waals surface area contributed by atoms with Crippen molar-refractivity contribution in [2.24, 2.45) is 5.73 Å². The van der Waals surface area contributed by atoms with Gasteiger partial charge in [0.2, 0.25) is 0 Å². The van der Waals surface area contributed by atoms with Crippen LogP contribution in [0.1, 0.15) is 17.2 Å². The second-order valence-corrected chi connectivity index (χ2v) is 4.51. The molecular weight excluding hydrogens is 283 g/mol. The van der Waals surface area contributed by atoms with Gasteiger partial charge < -0.3 is 15.6 Å². The summed E-state index contributed by atoms with van der Waals surface area (Å²) in [5, 5.41) is 9.35. The molecule has 0 aliphatic carbocycles. The van der Waals surface area contributed by atoms with E-state index in [4.69, 9.17) is 10.5 Å². The number of phenols is 1. The van der Waals surface area contributed by atoms with Crippen molar-refractivity contribution in [1.29, 1.82) is 0 Å². The number of para-hydroxylation sites is 1. The summed E-state index contributed by atoms with van der Waals surface area (Å²) in [5.74, 6) is -0.223. The minimum atomic E-state index is -4.48. The molecule has 2 aromatic rings. The molecule has 0 fully saturated rings. The quantitative estimate of drug-likeness (QED) is 0.908. The van der Waals surface area contributed by atoms with E-state index in [1.807, 2.05) is 0 Å². The zero-order valence-corrected chi connectivity index (χ0v) is 11.0. The molecule has 6 heteroatoms. The minimum Gasteiger partial charge on any atom is -0.508 e. The Hall–Kier alpha value is -2.21. The topological polar surface area (TPSA) is 55.5 Å². The average molecular weight is 297 g/mol. The number of ether oxygens (including phenoxy) is 1. The molecule has 3 nitrogen and oxygen atoms in total. The Labute approximate surface area is 119 Å². The summed E-state index contributed by atoms with van der Waals surface area (Å²) in [5.41, 5.74) is 5.60. The van der Waals surface area contributed by atoms with Crippen LogP contribution in [-0.4, -0.2) is 11.7 Å². The minimum absolute atomic E-state index is 0.0404. The molecule has 0 spiro atoms. The van der Waals surface area contributed by atoms with Crippen molar-refractivity contribution in [1.82, 2.24) is 0 Å². The van der Waals surface area contributed by atoms with E-state index in [2.05, 4.69) is 0 Å². The van der Waals surface area contributed by atoms with Crippen LogP contribution in [0.15, 0.2) is 48.5 Å². The monoisotopic (exact) mass is 297 g/mol. The number of rotatable bonds is 4. The van der Waals surface area contributed by atoms with Gasteiger partial charge >= 0.3 is 6.18 Å². The smallest absolute Gasteiger partial charge is 0.419 e. The fourth-order valence-corrected chi connectivity index (χ4v) is 1.86. The first kappa shape index (κ1) is 15.2. The lowest BCUT2D eigenvalue weighted by molar-refractivity contribution is -0.139. The molecule has 0 aliphatic rings. The molecule has 1 unspecified atom stereocenters. The Kier molecular flexibility index (Phi) is 4.37.